The van der Waals surface area contributed by atoms with Gasteiger partial charge in [-0.1, -0.05) is 5.16 Å². The first-order valence-corrected chi connectivity index (χ1v) is 7.05. The SMILES string of the molecule is Cc1noc(C)c1C(=O)OCC(=O)Nc1sccc1C(N)=O. The number of rotatable bonds is 5. The summed E-state index contributed by atoms with van der Waals surface area (Å²) in [7, 11) is 0. The van der Waals surface area contributed by atoms with Gasteiger partial charge in [0.05, 0.1) is 11.3 Å². The van der Waals surface area contributed by atoms with Crippen LogP contribution in [0.5, 0.6) is 0 Å². The maximum absolute atomic E-state index is 11.9. The van der Waals surface area contributed by atoms with Crippen LogP contribution in [0.15, 0.2) is 16.0 Å². The lowest BCUT2D eigenvalue weighted by Gasteiger charge is -2.06. The molecule has 0 saturated carbocycles. The molecule has 2 aromatic heterocycles. The van der Waals surface area contributed by atoms with E-state index in [0.29, 0.717) is 16.5 Å². The number of aryl methyl sites for hydroxylation is 2. The predicted molar refractivity (Wildman–Crippen MR) is 77.7 cm³/mol. The number of anilines is 1. The van der Waals surface area contributed by atoms with Gasteiger partial charge in [-0.2, -0.15) is 0 Å². The van der Waals surface area contributed by atoms with E-state index in [4.69, 9.17) is 15.0 Å². The highest BCUT2D eigenvalue weighted by atomic mass is 32.1. The summed E-state index contributed by atoms with van der Waals surface area (Å²) in [5.41, 5.74) is 5.95. The predicted octanol–water partition coefficient (Wildman–Crippen LogP) is 1.25. The largest absolute Gasteiger partial charge is 0.452 e. The van der Waals surface area contributed by atoms with Crippen molar-refractivity contribution in [2.24, 2.45) is 5.73 Å². The van der Waals surface area contributed by atoms with Gasteiger partial charge in [-0.3, -0.25) is 9.59 Å². The average molecular weight is 323 g/mol. The van der Waals surface area contributed by atoms with E-state index in [-0.39, 0.29) is 11.1 Å². The summed E-state index contributed by atoms with van der Waals surface area (Å²) < 4.78 is 9.75. The summed E-state index contributed by atoms with van der Waals surface area (Å²) in [6.45, 7) is 2.67. The third-order valence-electron chi connectivity index (χ3n) is 2.76. The lowest BCUT2D eigenvalue weighted by Crippen LogP contribution is -2.22. The third kappa shape index (κ3) is 3.31. The summed E-state index contributed by atoms with van der Waals surface area (Å²) >= 11 is 1.14. The first-order valence-electron chi connectivity index (χ1n) is 6.17. The number of thiophene rings is 1. The molecule has 9 heteroatoms. The molecule has 2 amide bonds. The number of nitrogens with one attached hydrogen (secondary N) is 1. The summed E-state index contributed by atoms with van der Waals surface area (Å²) in [5, 5.41) is 8.02. The van der Waals surface area contributed by atoms with Crippen molar-refractivity contribution in [3.8, 4) is 0 Å². The van der Waals surface area contributed by atoms with E-state index in [0.717, 1.165) is 11.3 Å². The quantitative estimate of drug-likeness (QED) is 0.798. The van der Waals surface area contributed by atoms with Crippen LogP contribution < -0.4 is 11.1 Å². The van der Waals surface area contributed by atoms with E-state index in [9.17, 15) is 14.4 Å². The number of ether oxygens (including phenoxy) is 1. The first-order chi connectivity index (χ1) is 10.4. The summed E-state index contributed by atoms with van der Waals surface area (Å²) in [5.74, 6) is -1.61. The van der Waals surface area contributed by atoms with Crippen molar-refractivity contribution in [2.75, 3.05) is 11.9 Å². The van der Waals surface area contributed by atoms with Gasteiger partial charge in [0.25, 0.3) is 11.8 Å². The topological polar surface area (TPSA) is 125 Å². The van der Waals surface area contributed by atoms with E-state index >= 15 is 0 Å². The van der Waals surface area contributed by atoms with Gasteiger partial charge in [-0.15, -0.1) is 11.3 Å². The van der Waals surface area contributed by atoms with E-state index < -0.39 is 24.4 Å². The Bertz CT molecular complexity index is 714. The highest BCUT2D eigenvalue weighted by Crippen LogP contribution is 2.22. The molecular weight excluding hydrogens is 310 g/mol. The lowest BCUT2D eigenvalue weighted by molar-refractivity contribution is -0.119. The number of nitrogens with zero attached hydrogens (tertiary/aromatic N) is 1. The second-order valence-corrected chi connectivity index (χ2v) is 5.27. The Balaban J connectivity index is 1.95. The molecule has 0 radical (unpaired) electrons. The number of carbonyl (C=O) groups is 3. The Morgan fingerprint density at radius 3 is 2.73 bits per heavy atom. The molecule has 116 valence electrons. The van der Waals surface area contributed by atoms with Crippen molar-refractivity contribution in [1.29, 1.82) is 0 Å². The minimum absolute atomic E-state index is 0.196. The van der Waals surface area contributed by atoms with Crippen molar-refractivity contribution in [1.82, 2.24) is 5.16 Å². The van der Waals surface area contributed by atoms with Gasteiger partial charge in [0.1, 0.15) is 16.3 Å². The number of esters is 1. The molecule has 2 heterocycles. The molecule has 0 aromatic carbocycles. The van der Waals surface area contributed by atoms with Gasteiger partial charge in [-0.05, 0) is 25.3 Å². The molecule has 3 N–H and O–H groups in total. The lowest BCUT2D eigenvalue weighted by atomic mass is 10.2. The molecular formula is C13H13N3O5S. The monoisotopic (exact) mass is 323 g/mol. The fourth-order valence-corrected chi connectivity index (χ4v) is 2.55. The van der Waals surface area contributed by atoms with Crippen LogP contribution in [0.25, 0.3) is 0 Å². The van der Waals surface area contributed by atoms with Crippen LogP contribution >= 0.6 is 11.3 Å². The van der Waals surface area contributed by atoms with Crippen molar-refractivity contribution in [2.45, 2.75) is 13.8 Å². The molecule has 2 rings (SSSR count). The maximum atomic E-state index is 11.9. The Morgan fingerprint density at radius 1 is 1.41 bits per heavy atom. The molecule has 0 spiro atoms. The molecule has 0 unspecified atom stereocenters. The summed E-state index contributed by atoms with van der Waals surface area (Å²) in [6.07, 6.45) is 0. The molecule has 0 bridgehead atoms. The average Bonchev–Trinajstić information content (AvgIpc) is 3.03. The fourth-order valence-electron chi connectivity index (χ4n) is 1.74. The molecule has 2 aromatic rings. The number of nitrogens with two attached hydrogens (primary N) is 1. The minimum atomic E-state index is -0.701. The molecule has 0 aliphatic carbocycles. The van der Waals surface area contributed by atoms with Gasteiger partial charge in [0, 0.05) is 0 Å². The van der Waals surface area contributed by atoms with Crippen LogP contribution in [-0.2, 0) is 9.53 Å². The zero-order valence-corrected chi connectivity index (χ0v) is 12.7. The standard InChI is InChI=1S/C13H13N3O5S/c1-6-10(7(2)21-16-6)13(19)20-5-9(17)15-12-8(11(14)18)3-4-22-12/h3-4H,5H2,1-2H3,(H2,14,18)(H,15,17). The zero-order valence-electron chi connectivity index (χ0n) is 11.8. The second-order valence-electron chi connectivity index (χ2n) is 4.35. The second kappa shape index (κ2) is 6.39. The number of hydrogen-bond donors (Lipinski definition) is 2. The highest BCUT2D eigenvalue weighted by Gasteiger charge is 2.20. The van der Waals surface area contributed by atoms with E-state index in [2.05, 4.69) is 10.5 Å². The van der Waals surface area contributed by atoms with Crippen molar-refractivity contribution >= 4 is 34.1 Å². The highest BCUT2D eigenvalue weighted by molar-refractivity contribution is 7.14. The van der Waals surface area contributed by atoms with E-state index in [1.54, 1.807) is 19.2 Å². The Labute approximate surface area is 129 Å². The molecule has 0 aliphatic rings. The molecule has 0 aliphatic heterocycles. The molecule has 0 fully saturated rings. The van der Waals surface area contributed by atoms with Gasteiger partial charge < -0.3 is 20.3 Å². The Morgan fingerprint density at radius 2 is 2.14 bits per heavy atom. The minimum Gasteiger partial charge on any atom is -0.452 e. The number of carbonyl (C=O) groups excluding carboxylic acids is 3. The fraction of sp³-hybridized carbons (Fsp3) is 0.231. The van der Waals surface area contributed by atoms with E-state index in [1.165, 1.54) is 6.07 Å². The van der Waals surface area contributed by atoms with Crippen molar-refractivity contribution in [3.05, 3.63) is 34.0 Å². The summed E-state index contributed by atoms with van der Waals surface area (Å²) in [6, 6.07) is 1.50. The normalized spacial score (nSPS) is 10.3. The van der Waals surface area contributed by atoms with E-state index in [1.807, 2.05) is 0 Å². The molecule has 0 saturated heterocycles. The van der Waals surface area contributed by atoms with Crippen LogP contribution in [0.1, 0.15) is 32.2 Å². The van der Waals surface area contributed by atoms with Crippen LogP contribution in [-0.4, -0.2) is 29.5 Å². The maximum Gasteiger partial charge on any atom is 0.344 e. The van der Waals surface area contributed by atoms with Crippen LogP contribution in [0.2, 0.25) is 0 Å². The number of hydrogen-bond acceptors (Lipinski definition) is 7. The Hall–Kier alpha value is -2.68. The van der Waals surface area contributed by atoms with Crippen molar-refractivity contribution < 1.29 is 23.6 Å². The van der Waals surface area contributed by atoms with Crippen molar-refractivity contribution in [3.63, 3.8) is 0 Å². The van der Waals surface area contributed by atoms with Crippen LogP contribution in [0.3, 0.4) is 0 Å². The molecule has 0 atom stereocenters. The molecule has 8 nitrogen and oxygen atoms in total. The van der Waals surface area contributed by atoms with Gasteiger partial charge >= 0.3 is 5.97 Å². The van der Waals surface area contributed by atoms with Gasteiger partial charge in [0.15, 0.2) is 6.61 Å². The Kier molecular flexibility index (Phi) is 4.56. The number of aromatic nitrogens is 1. The molecule has 22 heavy (non-hydrogen) atoms. The number of amides is 2. The summed E-state index contributed by atoms with van der Waals surface area (Å²) in [4.78, 5) is 34.7. The zero-order chi connectivity index (χ0) is 16.3. The first kappa shape index (κ1) is 15.7. The number of primary amides is 1. The van der Waals surface area contributed by atoms with Gasteiger partial charge in [0.2, 0.25) is 0 Å². The van der Waals surface area contributed by atoms with Gasteiger partial charge in [-0.25, -0.2) is 4.79 Å². The van der Waals surface area contributed by atoms with Crippen LogP contribution in [0, 0.1) is 13.8 Å². The van der Waals surface area contributed by atoms with Crippen LogP contribution in [0.4, 0.5) is 5.00 Å². The smallest absolute Gasteiger partial charge is 0.344 e. The third-order valence-corrected chi connectivity index (χ3v) is 3.59.